The van der Waals surface area contributed by atoms with E-state index in [9.17, 15) is 9.59 Å². The van der Waals surface area contributed by atoms with Crippen LogP contribution in [0.1, 0.15) is 40.1 Å². The molecule has 1 saturated heterocycles. The zero-order valence-corrected chi connectivity index (χ0v) is 16.2. The Morgan fingerprint density at radius 2 is 1.85 bits per heavy atom. The number of furan rings is 1. The number of carbonyl (C=O) groups is 2. The van der Waals surface area contributed by atoms with Crippen molar-refractivity contribution in [3.63, 3.8) is 0 Å². The van der Waals surface area contributed by atoms with Crippen molar-refractivity contribution >= 4 is 17.5 Å². The van der Waals surface area contributed by atoms with Crippen LogP contribution in [-0.4, -0.2) is 42.4 Å². The van der Waals surface area contributed by atoms with Gasteiger partial charge in [0.2, 0.25) is 5.91 Å². The third-order valence-electron chi connectivity index (χ3n) is 5.24. The van der Waals surface area contributed by atoms with Crippen molar-refractivity contribution in [2.75, 3.05) is 25.0 Å². The average molecular weight is 369 g/mol. The molecule has 2 heterocycles. The lowest BCUT2D eigenvalue weighted by Gasteiger charge is -2.31. The van der Waals surface area contributed by atoms with Crippen molar-refractivity contribution in [3.8, 4) is 0 Å². The molecule has 27 heavy (non-hydrogen) atoms. The van der Waals surface area contributed by atoms with Crippen molar-refractivity contribution in [2.45, 2.75) is 39.7 Å². The second-order valence-electron chi connectivity index (χ2n) is 7.25. The summed E-state index contributed by atoms with van der Waals surface area (Å²) in [5, 5.41) is 6.03. The van der Waals surface area contributed by atoms with E-state index in [0.29, 0.717) is 12.3 Å². The van der Waals surface area contributed by atoms with Crippen molar-refractivity contribution in [2.24, 2.45) is 0 Å². The molecule has 0 unspecified atom stereocenters. The number of amides is 2. The highest BCUT2D eigenvalue weighted by molar-refractivity contribution is 5.93. The standard InChI is InChI=1S/C21H27N3O3/c1-14-5-4-6-18(16(14)3)23-19(25)13-24-10-7-17(8-11-24)22-21(26)20-15(2)9-12-27-20/h4-6,9,12,17H,7-8,10-11,13H2,1-3H3,(H,22,26)(H,23,25). The number of carbonyl (C=O) groups excluding carboxylic acids is 2. The van der Waals surface area contributed by atoms with Crippen LogP contribution in [0.2, 0.25) is 0 Å². The fraction of sp³-hybridized carbons (Fsp3) is 0.429. The number of rotatable bonds is 5. The molecule has 3 rings (SSSR count). The van der Waals surface area contributed by atoms with Crippen molar-refractivity contribution < 1.29 is 14.0 Å². The molecule has 0 bridgehead atoms. The summed E-state index contributed by atoms with van der Waals surface area (Å²) in [5.74, 6) is 0.214. The Morgan fingerprint density at radius 3 is 2.52 bits per heavy atom. The van der Waals surface area contributed by atoms with Gasteiger partial charge in [-0.05, 0) is 56.9 Å². The molecule has 2 N–H and O–H groups in total. The Morgan fingerprint density at radius 1 is 1.11 bits per heavy atom. The van der Waals surface area contributed by atoms with Crippen molar-refractivity contribution in [1.82, 2.24) is 10.2 Å². The zero-order chi connectivity index (χ0) is 19.4. The van der Waals surface area contributed by atoms with Gasteiger partial charge in [-0.15, -0.1) is 0 Å². The Balaban J connectivity index is 1.45. The minimum Gasteiger partial charge on any atom is -0.459 e. The molecular formula is C21H27N3O3. The Hall–Kier alpha value is -2.60. The number of hydrogen-bond donors (Lipinski definition) is 2. The van der Waals surface area contributed by atoms with Gasteiger partial charge < -0.3 is 15.1 Å². The third-order valence-corrected chi connectivity index (χ3v) is 5.24. The van der Waals surface area contributed by atoms with Gasteiger partial charge in [0.25, 0.3) is 5.91 Å². The van der Waals surface area contributed by atoms with E-state index in [2.05, 4.69) is 15.5 Å². The topological polar surface area (TPSA) is 74.6 Å². The summed E-state index contributed by atoms with van der Waals surface area (Å²) in [6.45, 7) is 7.83. The highest BCUT2D eigenvalue weighted by atomic mass is 16.3. The molecule has 1 aromatic carbocycles. The first-order valence-corrected chi connectivity index (χ1v) is 9.37. The fourth-order valence-corrected chi connectivity index (χ4v) is 3.37. The molecule has 0 saturated carbocycles. The first-order chi connectivity index (χ1) is 12.9. The summed E-state index contributed by atoms with van der Waals surface area (Å²) in [6, 6.07) is 7.81. The number of hydrogen-bond acceptors (Lipinski definition) is 4. The van der Waals surface area contributed by atoms with E-state index in [-0.39, 0.29) is 17.9 Å². The molecule has 0 radical (unpaired) electrons. The second kappa shape index (κ2) is 8.39. The van der Waals surface area contributed by atoms with Gasteiger partial charge in [0.05, 0.1) is 12.8 Å². The minimum atomic E-state index is -0.163. The number of nitrogens with one attached hydrogen (secondary N) is 2. The minimum absolute atomic E-state index is 0.00241. The summed E-state index contributed by atoms with van der Waals surface area (Å²) in [4.78, 5) is 26.7. The molecule has 6 heteroatoms. The zero-order valence-electron chi connectivity index (χ0n) is 16.2. The summed E-state index contributed by atoms with van der Waals surface area (Å²) >= 11 is 0. The molecule has 1 aliphatic heterocycles. The predicted octanol–water partition coefficient (Wildman–Crippen LogP) is 3.04. The maximum absolute atomic E-state index is 12.4. The van der Waals surface area contributed by atoms with E-state index >= 15 is 0 Å². The van der Waals surface area contributed by atoms with E-state index in [1.54, 1.807) is 6.07 Å². The maximum atomic E-state index is 12.4. The highest BCUT2D eigenvalue weighted by Crippen LogP contribution is 2.18. The molecule has 2 aromatic rings. The first-order valence-electron chi connectivity index (χ1n) is 9.37. The molecule has 144 valence electrons. The molecule has 1 fully saturated rings. The molecule has 0 spiro atoms. The summed E-state index contributed by atoms with van der Waals surface area (Å²) in [5.41, 5.74) is 3.97. The van der Waals surface area contributed by atoms with Crippen LogP contribution in [0.5, 0.6) is 0 Å². The monoisotopic (exact) mass is 369 g/mol. The number of aryl methyl sites for hydroxylation is 2. The van der Waals surface area contributed by atoms with Gasteiger partial charge in [0.1, 0.15) is 0 Å². The number of anilines is 1. The van der Waals surface area contributed by atoms with Gasteiger partial charge in [-0.2, -0.15) is 0 Å². The lowest BCUT2D eigenvalue weighted by atomic mass is 10.0. The molecule has 6 nitrogen and oxygen atoms in total. The van der Waals surface area contributed by atoms with Crippen LogP contribution in [0.3, 0.4) is 0 Å². The van der Waals surface area contributed by atoms with Crippen LogP contribution in [0, 0.1) is 20.8 Å². The smallest absolute Gasteiger partial charge is 0.287 e. The molecule has 0 aliphatic carbocycles. The molecule has 1 aliphatic rings. The van der Waals surface area contributed by atoms with E-state index in [0.717, 1.165) is 48.3 Å². The summed E-state index contributed by atoms with van der Waals surface area (Å²) in [7, 11) is 0. The lowest BCUT2D eigenvalue weighted by Crippen LogP contribution is -2.46. The van der Waals surface area contributed by atoms with Crippen LogP contribution in [0.25, 0.3) is 0 Å². The van der Waals surface area contributed by atoms with Gasteiger partial charge in [0.15, 0.2) is 5.76 Å². The van der Waals surface area contributed by atoms with Gasteiger partial charge in [0, 0.05) is 30.4 Å². The van der Waals surface area contributed by atoms with Crippen molar-refractivity contribution in [1.29, 1.82) is 0 Å². The highest BCUT2D eigenvalue weighted by Gasteiger charge is 2.24. The van der Waals surface area contributed by atoms with Gasteiger partial charge >= 0.3 is 0 Å². The number of benzene rings is 1. The predicted molar refractivity (Wildman–Crippen MR) is 105 cm³/mol. The van der Waals surface area contributed by atoms with Gasteiger partial charge in [-0.1, -0.05) is 12.1 Å². The lowest BCUT2D eigenvalue weighted by molar-refractivity contribution is -0.117. The Labute approximate surface area is 159 Å². The number of nitrogens with zero attached hydrogens (tertiary/aromatic N) is 1. The maximum Gasteiger partial charge on any atom is 0.287 e. The van der Waals surface area contributed by atoms with Crippen molar-refractivity contribution in [3.05, 3.63) is 53.0 Å². The third kappa shape index (κ3) is 4.77. The number of piperidine rings is 1. The van der Waals surface area contributed by atoms with Gasteiger partial charge in [-0.3, -0.25) is 14.5 Å². The molecular weight excluding hydrogens is 342 g/mol. The molecule has 0 atom stereocenters. The van der Waals surface area contributed by atoms with E-state index < -0.39 is 0 Å². The largest absolute Gasteiger partial charge is 0.459 e. The first kappa shape index (κ1) is 19.2. The van der Waals surface area contributed by atoms with Gasteiger partial charge in [-0.25, -0.2) is 0 Å². The van der Waals surface area contributed by atoms with Crippen LogP contribution < -0.4 is 10.6 Å². The van der Waals surface area contributed by atoms with E-state index in [1.807, 2.05) is 39.0 Å². The average Bonchev–Trinajstić information content (AvgIpc) is 3.07. The van der Waals surface area contributed by atoms with Crippen LogP contribution in [0.4, 0.5) is 5.69 Å². The van der Waals surface area contributed by atoms with Crippen LogP contribution >= 0.6 is 0 Å². The second-order valence-corrected chi connectivity index (χ2v) is 7.25. The number of likely N-dealkylation sites (tertiary alicyclic amines) is 1. The summed E-state index contributed by atoms with van der Waals surface area (Å²) < 4.78 is 5.24. The fourth-order valence-electron chi connectivity index (χ4n) is 3.37. The Kier molecular flexibility index (Phi) is 5.96. The van der Waals surface area contributed by atoms with E-state index in [1.165, 1.54) is 6.26 Å². The Bertz CT molecular complexity index is 820. The van der Waals surface area contributed by atoms with Crippen LogP contribution in [-0.2, 0) is 4.79 Å². The molecule has 2 amide bonds. The van der Waals surface area contributed by atoms with E-state index in [4.69, 9.17) is 4.42 Å². The molecule has 1 aromatic heterocycles. The SMILES string of the molecule is Cc1ccoc1C(=O)NC1CCN(CC(=O)Nc2cccc(C)c2C)CC1. The quantitative estimate of drug-likeness (QED) is 0.850. The normalized spacial score (nSPS) is 15.5. The summed E-state index contributed by atoms with van der Waals surface area (Å²) in [6.07, 6.45) is 3.17. The van der Waals surface area contributed by atoms with Crippen LogP contribution in [0.15, 0.2) is 34.9 Å².